The number of nitrogens with one attached hydrogen (secondary N) is 1. The highest BCUT2D eigenvalue weighted by atomic mass is 32.2. The molecule has 0 saturated carbocycles. The summed E-state index contributed by atoms with van der Waals surface area (Å²) in [5.74, 6) is 0. The maximum absolute atomic E-state index is 12.2. The van der Waals surface area contributed by atoms with Gasteiger partial charge in [-0.1, -0.05) is 54.6 Å². The summed E-state index contributed by atoms with van der Waals surface area (Å²) in [5, 5.41) is 5.67. The van der Waals surface area contributed by atoms with Gasteiger partial charge in [-0.05, 0) is 42.7 Å². The summed E-state index contributed by atoms with van der Waals surface area (Å²) in [5.41, 5.74) is 4.92. The van der Waals surface area contributed by atoms with Gasteiger partial charge in [0.05, 0.1) is 12.2 Å². The zero-order valence-corrected chi connectivity index (χ0v) is 16.3. The highest BCUT2D eigenvalue weighted by molar-refractivity contribution is 7.92. The van der Waals surface area contributed by atoms with E-state index in [1.807, 2.05) is 79.2 Å². The Balaban J connectivity index is 1.64. The molecule has 0 amide bonds. The van der Waals surface area contributed by atoms with Gasteiger partial charge >= 0.3 is 0 Å². The maximum Gasteiger partial charge on any atom is 0.234 e. The summed E-state index contributed by atoms with van der Waals surface area (Å²) in [4.78, 5) is 0. The van der Waals surface area contributed by atoms with Gasteiger partial charge in [-0.15, -0.1) is 0 Å². The smallest absolute Gasteiger partial charge is 0.234 e. The molecule has 1 N–H and O–H groups in total. The summed E-state index contributed by atoms with van der Waals surface area (Å²) in [6.07, 6.45) is 1.58. The predicted molar refractivity (Wildman–Crippen MR) is 108 cm³/mol. The first kappa shape index (κ1) is 19.1. The molecule has 0 unspecified atom stereocenters. The molecule has 0 aliphatic heterocycles. The quantitative estimate of drug-likeness (QED) is 0.680. The average molecular weight is 382 g/mol. The first-order valence-electron chi connectivity index (χ1n) is 8.73. The second-order valence-corrected chi connectivity index (χ2v) is 8.14. The monoisotopic (exact) mass is 381 g/mol. The van der Waals surface area contributed by atoms with Crippen LogP contribution >= 0.6 is 0 Å². The summed E-state index contributed by atoms with van der Waals surface area (Å²) in [7, 11) is -3.50. The maximum atomic E-state index is 12.2. The van der Waals surface area contributed by atoms with Crippen molar-refractivity contribution in [2.45, 2.75) is 26.9 Å². The molecular formula is C21H23N3O2S. The second-order valence-electron chi connectivity index (χ2n) is 6.48. The lowest BCUT2D eigenvalue weighted by molar-refractivity contribution is 0.590. The van der Waals surface area contributed by atoms with E-state index >= 15 is 0 Å². The van der Waals surface area contributed by atoms with E-state index in [1.165, 1.54) is 5.41 Å². The topological polar surface area (TPSA) is 64.0 Å². The van der Waals surface area contributed by atoms with Gasteiger partial charge in [-0.3, -0.25) is 4.68 Å². The Hall–Kier alpha value is -2.70. The van der Waals surface area contributed by atoms with E-state index in [1.54, 1.807) is 6.08 Å². The molecule has 0 saturated heterocycles. The van der Waals surface area contributed by atoms with Crippen molar-refractivity contribution in [3.05, 3.63) is 94.1 Å². The van der Waals surface area contributed by atoms with Crippen molar-refractivity contribution in [1.82, 2.24) is 14.5 Å². The van der Waals surface area contributed by atoms with Gasteiger partial charge in [0.15, 0.2) is 0 Å². The molecule has 140 valence electrons. The lowest BCUT2D eigenvalue weighted by Crippen LogP contribution is -2.20. The fraction of sp³-hybridized carbons (Fsp3) is 0.190. The molecule has 0 spiro atoms. The van der Waals surface area contributed by atoms with E-state index in [-0.39, 0.29) is 6.54 Å². The third-order valence-electron chi connectivity index (χ3n) is 4.14. The third-order valence-corrected chi connectivity index (χ3v) is 5.18. The Morgan fingerprint density at radius 2 is 1.74 bits per heavy atom. The van der Waals surface area contributed by atoms with Gasteiger partial charge in [-0.2, -0.15) is 5.10 Å². The highest BCUT2D eigenvalue weighted by Gasteiger charge is 2.07. The van der Waals surface area contributed by atoms with Crippen molar-refractivity contribution in [3.8, 4) is 0 Å². The normalized spacial score (nSPS) is 11.9. The van der Waals surface area contributed by atoms with Crippen LogP contribution in [0.2, 0.25) is 0 Å². The van der Waals surface area contributed by atoms with Gasteiger partial charge < -0.3 is 0 Å². The van der Waals surface area contributed by atoms with E-state index in [0.29, 0.717) is 6.54 Å². The summed E-state index contributed by atoms with van der Waals surface area (Å²) in [6.45, 7) is 4.90. The fourth-order valence-corrected chi connectivity index (χ4v) is 3.61. The number of hydrogen-bond donors (Lipinski definition) is 1. The molecule has 3 aromatic rings. The molecule has 3 rings (SSSR count). The average Bonchev–Trinajstić information content (AvgIpc) is 2.97. The van der Waals surface area contributed by atoms with Gasteiger partial charge in [-0.25, -0.2) is 13.1 Å². The van der Waals surface area contributed by atoms with Crippen molar-refractivity contribution in [1.29, 1.82) is 0 Å². The van der Waals surface area contributed by atoms with Crippen LogP contribution < -0.4 is 4.72 Å². The summed E-state index contributed by atoms with van der Waals surface area (Å²) >= 11 is 0. The molecule has 0 atom stereocenters. The van der Waals surface area contributed by atoms with Crippen LogP contribution in [-0.4, -0.2) is 18.2 Å². The van der Waals surface area contributed by atoms with Gasteiger partial charge in [0.1, 0.15) is 0 Å². The SMILES string of the molecule is Cc1cc(C)n(Cc2cccc(CNS(=O)(=O)/C=C/c3ccccc3)c2)n1. The first-order valence-corrected chi connectivity index (χ1v) is 10.3. The standard InChI is InChI=1S/C21H23N3O2S/c1-17-13-18(2)24(23-17)16-21-10-6-9-20(14-21)15-22-27(25,26)12-11-19-7-4-3-5-8-19/h3-14,22H,15-16H2,1-2H3/b12-11+. The van der Waals surface area contributed by atoms with Crippen molar-refractivity contribution in [3.63, 3.8) is 0 Å². The molecule has 2 aromatic carbocycles. The minimum atomic E-state index is -3.50. The molecule has 0 aliphatic carbocycles. The Labute approximate surface area is 160 Å². The van der Waals surface area contributed by atoms with Crippen molar-refractivity contribution >= 4 is 16.1 Å². The third kappa shape index (κ3) is 5.64. The molecule has 1 heterocycles. The molecule has 1 aromatic heterocycles. The van der Waals surface area contributed by atoms with Gasteiger partial charge in [0, 0.05) is 17.6 Å². The number of aryl methyl sites for hydroxylation is 2. The molecule has 0 radical (unpaired) electrons. The van der Waals surface area contributed by atoms with Crippen molar-refractivity contribution < 1.29 is 8.42 Å². The minimum Gasteiger partial charge on any atom is -0.265 e. The molecular weight excluding hydrogens is 358 g/mol. The van der Waals surface area contributed by atoms with E-state index in [4.69, 9.17) is 0 Å². The number of sulfonamides is 1. The lowest BCUT2D eigenvalue weighted by Gasteiger charge is -2.08. The summed E-state index contributed by atoms with van der Waals surface area (Å²) < 4.78 is 28.9. The Kier molecular flexibility index (Phi) is 5.88. The second kappa shape index (κ2) is 8.33. The van der Waals surface area contributed by atoms with Crippen molar-refractivity contribution in [2.24, 2.45) is 0 Å². The van der Waals surface area contributed by atoms with E-state index in [2.05, 4.69) is 9.82 Å². The molecule has 0 fully saturated rings. The Bertz CT molecular complexity index is 1040. The number of nitrogens with zero attached hydrogens (tertiary/aromatic N) is 2. The largest absolute Gasteiger partial charge is 0.265 e. The van der Waals surface area contributed by atoms with Crippen LogP contribution in [0.1, 0.15) is 28.1 Å². The predicted octanol–water partition coefficient (Wildman–Crippen LogP) is 3.64. The number of aromatic nitrogens is 2. The number of benzene rings is 2. The molecule has 0 aliphatic rings. The Morgan fingerprint density at radius 3 is 2.44 bits per heavy atom. The van der Waals surface area contributed by atoms with Crippen LogP contribution in [0.15, 0.2) is 66.1 Å². The highest BCUT2D eigenvalue weighted by Crippen LogP contribution is 2.10. The molecule has 5 nitrogen and oxygen atoms in total. The van der Waals surface area contributed by atoms with E-state index < -0.39 is 10.0 Å². The lowest BCUT2D eigenvalue weighted by atomic mass is 10.1. The van der Waals surface area contributed by atoms with E-state index in [0.717, 1.165) is 28.1 Å². The van der Waals surface area contributed by atoms with E-state index in [9.17, 15) is 8.42 Å². The zero-order chi connectivity index (χ0) is 19.3. The van der Waals surface area contributed by atoms with Crippen molar-refractivity contribution in [2.75, 3.05) is 0 Å². The zero-order valence-electron chi connectivity index (χ0n) is 15.5. The number of rotatable bonds is 7. The van der Waals surface area contributed by atoms with Crippen LogP contribution in [0, 0.1) is 13.8 Å². The van der Waals surface area contributed by atoms with Crippen LogP contribution in [0.3, 0.4) is 0 Å². The fourth-order valence-electron chi connectivity index (χ4n) is 2.81. The number of hydrogen-bond acceptors (Lipinski definition) is 3. The molecule has 6 heteroatoms. The Morgan fingerprint density at radius 1 is 1.00 bits per heavy atom. The molecule has 0 bridgehead atoms. The molecule has 27 heavy (non-hydrogen) atoms. The van der Waals surface area contributed by atoms with Crippen LogP contribution in [0.25, 0.3) is 6.08 Å². The summed E-state index contributed by atoms with van der Waals surface area (Å²) in [6, 6.07) is 19.2. The van der Waals surface area contributed by atoms with Crippen LogP contribution in [0.5, 0.6) is 0 Å². The van der Waals surface area contributed by atoms with Gasteiger partial charge in [0.25, 0.3) is 0 Å². The minimum absolute atomic E-state index is 0.242. The van der Waals surface area contributed by atoms with Crippen LogP contribution in [-0.2, 0) is 23.1 Å². The first-order chi connectivity index (χ1) is 12.9. The van der Waals surface area contributed by atoms with Gasteiger partial charge in [0.2, 0.25) is 10.0 Å². The van der Waals surface area contributed by atoms with Crippen LogP contribution in [0.4, 0.5) is 0 Å².